The van der Waals surface area contributed by atoms with Crippen LogP contribution in [0.1, 0.15) is 47.8 Å². The third kappa shape index (κ3) is 5.20. The summed E-state index contributed by atoms with van der Waals surface area (Å²) in [4.78, 5) is 23.4. The van der Waals surface area contributed by atoms with E-state index in [1.165, 1.54) is 13.0 Å². The van der Waals surface area contributed by atoms with Crippen molar-refractivity contribution in [3.8, 4) is 5.75 Å². The van der Waals surface area contributed by atoms with Crippen molar-refractivity contribution in [3.63, 3.8) is 0 Å². The van der Waals surface area contributed by atoms with Crippen LogP contribution in [-0.4, -0.2) is 11.8 Å². The molecule has 0 aliphatic rings. The van der Waals surface area contributed by atoms with Crippen LogP contribution in [0.3, 0.4) is 0 Å². The van der Waals surface area contributed by atoms with E-state index in [0.717, 1.165) is 16.7 Å². The molecule has 3 heteroatoms. The second-order valence-corrected chi connectivity index (χ2v) is 5.10. The van der Waals surface area contributed by atoms with Crippen molar-refractivity contribution in [1.82, 2.24) is 0 Å². The molecule has 0 unspecified atom stereocenters. The van der Waals surface area contributed by atoms with E-state index in [2.05, 4.69) is 0 Å². The minimum absolute atomic E-state index is 0.137. The molecular formula is C21H24O3. The second-order valence-electron chi connectivity index (χ2n) is 5.10. The van der Waals surface area contributed by atoms with E-state index in [0.29, 0.717) is 5.56 Å². The van der Waals surface area contributed by atoms with Gasteiger partial charge in [0.15, 0.2) is 5.78 Å². The highest BCUT2D eigenvalue weighted by atomic mass is 16.5. The van der Waals surface area contributed by atoms with Gasteiger partial charge in [-0.1, -0.05) is 44.2 Å². The molecule has 0 atom stereocenters. The number of benzene rings is 2. The van der Waals surface area contributed by atoms with Gasteiger partial charge in [-0.25, -0.2) is 4.79 Å². The summed E-state index contributed by atoms with van der Waals surface area (Å²) in [6.07, 6.45) is 3.10. The average molecular weight is 324 g/mol. The molecule has 24 heavy (non-hydrogen) atoms. The van der Waals surface area contributed by atoms with Crippen molar-refractivity contribution in [2.75, 3.05) is 0 Å². The number of ketones is 1. The van der Waals surface area contributed by atoms with Crippen LogP contribution in [0.4, 0.5) is 0 Å². The van der Waals surface area contributed by atoms with Gasteiger partial charge in [0.25, 0.3) is 0 Å². The maximum atomic E-state index is 11.9. The number of esters is 1. The fourth-order valence-corrected chi connectivity index (χ4v) is 2.10. The lowest BCUT2D eigenvalue weighted by Gasteiger charge is -2.06. The smallest absolute Gasteiger partial charge is 0.336 e. The minimum Gasteiger partial charge on any atom is -0.423 e. The van der Waals surface area contributed by atoms with E-state index in [9.17, 15) is 9.59 Å². The highest BCUT2D eigenvalue weighted by Crippen LogP contribution is 2.19. The number of hydrogen-bond acceptors (Lipinski definition) is 3. The predicted molar refractivity (Wildman–Crippen MR) is 98.4 cm³/mol. The van der Waals surface area contributed by atoms with Crippen LogP contribution in [-0.2, 0) is 4.79 Å². The molecule has 0 radical (unpaired) electrons. The number of rotatable bonds is 4. The van der Waals surface area contributed by atoms with Gasteiger partial charge in [-0.2, -0.15) is 0 Å². The van der Waals surface area contributed by atoms with Gasteiger partial charge in [0.2, 0.25) is 0 Å². The molecule has 0 aromatic heterocycles. The zero-order valence-electron chi connectivity index (χ0n) is 14.9. The molecule has 0 spiro atoms. The summed E-state index contributed by atoms with van der Waals surface area (Å²) in [6, 6.07) is 12.6. The monoisotopic (exact) mass is 324 g/mol. The summed E-state index contributed by atoms with van der Waals surface area (Å²) < 4.78 is 5.25. The van der Waals surface area contributed by atoms with Gasteiger partial charge >= 0.3 is 5.97 Å². The molecule has 0 heterocycles. The number of carbonyl (C=O) groups is 2. The van der Waals surface area contributed by atoms with Crippen LogP contribution < -0.4 is 4.74 Å². The van der Waals surface area contributed by atoms with E-state index < -0.39 is 5.97 Å². The first-order chi connectivity index (χ1) is 11.5. The van der Waals surface area contributed by atoms with E-state index >= 15 is 0 Å². The molecule has 0 saturated heterocycles. The van der Waals surface area contributed by atoms with Crippen molar-refractivity contribution in [2.24, 2.45) is 0 Å². The van der Waals surface area contributed by atoms with Crippen molar-refractivity contribution < 1.29 is 14.3 Å². The Labute approximate surface area is 144 Å². The van der Waals surface area contributed by atoms with E-state index in [4.69, 9.17) is 4.74 Å². The van der Waals surface area contributed by atoms with E-state index in [1.807, 2.05) is 45.9 Å². The first-order valence-electron chi connectivity index (χ1n) is 8.05. The Balaban J connectivity index is 0.00000139. The van der Waals surface area contributed by atoms with E-state index in [-0.39, 0.29) is 11.5 Å². The molecule has 0 fully saturated rings. The lowest BCUT2D eigenvalue weighted by molar-refractivity contribution is -0.128. The fraction of sp³-hybridized carbons (Fsp3) is 0.238. The molecule has 0 aliphatic heterocycles. The summed E-state index contributed by atoms with van der Waals surface area (Å²) in [5.41, 5.74) is 3.65. The second kappa shape index (κ2) is 9.46. The molecule has 0 aliphatic carbocycles. The Morgan fingerprint density at radius 3 is 2.29 bits per heavy atom. The summed E-state index contributed by atoms with van der Waals surface area (Å²) >= 11 is 0. The van der Waals surface area contributed by atoms with Gasteiger partial charge in [-0.15, -0.1) is 0 Å². The average Bonchev–Trinajstić information content (AvgIpc) is 2.58. The van der Waals surface area contributed by atoms with Crippen molar-refractivity contribution >= 4 is 17.8 Å². The van der Waals surface area contributed by atoms with Crippen molar-refractivity contribution in [3.05, 3.63) is 70.8 Å². The quantitative estimate of drug-likeness (QED) is 0.338. The molecule has 2 aromatic carbocycles. The molecule has 0 bridgehead atoms. The maximum absolute atomic E-state index is 11.9. The molecule has 2 aromatic rings. The maximum Gasteiger partial charge on any atom is 0.336 e. The Kier molecular flexibility index (Phi) is 7.63. The SMILES string of the molecule is CC.CC(=O)c1ccccc1OC(=O)/C=C/c1cccc(C)c1C. The normalized spacial score (nSPS) is 10.0. The first kappa shape index (κ1) is 19.4. The molecule has 3 nitrogen and oxygen atoms in total. The van der Waals surface area contributed by atoms with Crippen molar-refractivity contribution in [2.45, 2.75) is 34.6 Å². The van der Waals surface area contributed by atoms with Crippen LogP contribution in [0, 0.1) is 13.8 Å². The molecule has 0 saturated carbocycles. The van der Waals surface area contributed by atoms with Gasteiger partial charge in [-0.05, 0) is 55.7 Å². The van der Waals surface area contributed by atoms with Gasteiger partial charge in [0, 0.05) is 6.08 Å². The standard InChI is InChI=1S/C19H18O3.C2H6/c1-13-7-6-8-16(14(13)2)11-12-19(21)22-18-10-5-4-9-17(18)15(3)20;1-2/h4-12H,1-3H3;1-2H3/b12-11+;. The Bertz CT molecular complexity index is 742. The number of para-hydroxylation sites is 1. The number of Topliss-reactive ketones (excluding diaryl/α,β-unsaturated/α-hetero) is 1. The highest BCUT2D eigenvalue weighted by Gasteiger charge is 2.10. The highest BCUT2D eigenvalue weighted by molar-refractivity contribution is 5.98. The van der Waals surface area contributed by atoms with Gasteiger partial charge in [0.05, 0.1) is 5.56 Å². The number of carbonyl (C=O) groups excluding carboxylic acids is 2. The Morgan fingerprint density at radius 2 is 1.62 bits per heavy atom. The minimum atomic E-state index is -0.505. The number of ether oxygens (including phenoxy) is 1. The first-order valence-corrected chi connectivity index (χ1v) is 8.05. The van der Waals surface area contributed by atoms with E-state index in [1.54, 1.807) is 30.3 Å². The summed E-state index contributed by atoms with van der Waals surface area (Å²) in [5.74, 6) is -0.359. The summed E-state index contributed by atoms with van der Waals surface area (Å²) in [7, 11) is 0. The molecular weight excluding hydrogens is 300 g/mol. The molecule has 0 N–H and O–H groups in total. The third-order valence-corrected chi connectivity index (χ3v) is 3.52. The Hall–Kier alpha value is -2.68. The summed E-state index contributed by atoms with van der Waals surface area (Å²) in [6.45, 7) is 9.47. The zero-order valence-corrected chi connectivity index (χ0v) is 14.9. The summed E-state index contributed by atoms with van der Waals surface area (Å²) in [5, 5.41) is 0. The largest absolute Gasteiger partial charge is 0.423 e. The van der Waals surface area contributed by atoms with Gasteiger partial charge in [-0.3, -0.25) is 4.79 Å². The van der Waals surface area contributed by atoms with Crippen molar-refractivity contribution in [1.29, 1.82) is 0 Å². The molecule has 2 rings (SSSR count). The fourth-order valence-electron chi connectivity index (χ4n) is 2.10. The van der Waals surface area contributed by atoms with Crippen LogP contribution in [0.5, 0.6) is 5.75 Å². The molecule has 0 amide bonds. The predicted octanol–water partition coefficient (Wildman–Crippen LogP) is 5.15. The zero-order chi connectivity index (χ0) is 18.1. The third-order valence-electron chi connectivity index (χ3n) is 3.52. The van der Waals surface area contributed by atoms with Crippen LogP contribution in [0.25, 0.3) is 6.08 Å². The van der Waals surface area contributed by atoms with Crippen LogP contribution in [0.15, 0.2) is 48.5 Å². The van der Waals surface area contributed by atoms with Gasteiger partial charge < -0.3 is 4.74 Å². The Morgan fingerprint density at radius 1 is 0.958 bits per heavy atom. The topological polar surface area (TPSA) is 43.4 Å². The number of aryl methyl sites for hydroxylation is 1. The molecule has 126 valence electrons. The van der Waals surface area contributed by atoms with Gasteiger partial charge in [0.1, 0.15) is 5.75 Å². The number of hydrogen-bond donors (Lipinski definition) is 0. The van der Waals surface area contributed by atoms with Crippen LogP contribution >= 0.6 is 0 Å². The lowest BCUT2D eigenvalue weighted by Crippen LogP contribution is -2.07. The van der Waals surface area contributed by atoms with Crippen LogP contribution in [0.2, 0.25) is 0 Å². The lowest BCUT2D eigenvalue weighted by atomic mass is 10.0.